The van der Waals surface area contributed by atoms with Crippen molar-refractivity contribution in [1.82, 2.24) is 0 Å². The minimum atomic E-state index is 0.375. The van der Waals surface area contributed by atoms with Crippen LogP contribution in [0.2, 0.25) is 5.02 Å². The van der Waals surface area contributed by atoms with Crippen molar-refractivity contribution in [3.8, 4) is 11.5 Å². The molecule has 0 aliphatic rings. The van der Waals surface area contributed by atoms with E-state index in [2.05, 4.69) is 35.8 Å². The lowest BCUT2D eigenvalue weighted by Crippen LogP contribution is -1.94. The van der Waals surface area contributed by atoms with Gasteiger partial charge in [0, 0.05) is 15.4 Å². The smallest absolute Gasteiger partial charge is 0.130 e. The molecule has 0 heterocycles. The van der Waals surface area contributed by atoms with Crippen LogP contribution in [-0.2, 0) is 5.88 Å². The van der Waals surface area contributed by atoms with Gasteiger partial charge in [-0.1, -0.05) is 47.4 Å². The van der Waals surface area contributed by atoms with E-state index in [9.17, 15) is 0 Å². The number of rotatable bonds is 4. The van der Waals surface area contributed by atoms with E-state index in [1.807, 2.05) is 24.3 Å². The molecule has 1 nitrogen and oxygen atoms in total. The van der Waals surface area contributed by atoms with Crippen LogP contribution in [-0.4, -0.2) is 0 Å². The highest BCUT2D eigenvalue weighted by molar-refractivity contribution is 9.10. The van der Waals surface area contributed by atoms with Crippen LogP contribution in [0, 0.1) is 0 Å². The first-order chi connectivity index (χ1) is 9.51. The summed E-state index contributed by atoms with van der Waals surface area (Å²) in [6, 6.07) is 11.6. The highest BCUT2D eigenvalue weighted by Crippen LogP contribution is 2.34. The molecule has 0 aliphatic carbocycles. The molecule has 0 radical (unpaired) electrons. The molecule has 0 aliphatic heterocycles. The average molecular weight is 374 g/mol. The van der Waals surface area contributed by atoms with Gasteiger partial charge in [0.2, 0.25) is 0 Å². The number of benzene rings is 2. The Balaban J connectivity index is 2.32. The zero-order valence-corrected chi connectivity index (χ0v) is 14.4. The minimum Gasteiger partial charge on any atom is -0.457 e. The van der Waals surface area contributed by atoms with Crippen LogP contribution in [0.25, 0.3) is 0 Å². The lowest BCUT2D eigenvalue weighted by Gasteiger charge is -2.15. The first-order valence-corrected chi connectivity index (χ1v) is 8.03. The van der Waals surface area contributed by atoms with E-state index in [0.717, 1.165) is 21.3 Å². The Kier molecular flexibility index (Phi) is 5.36. The second-order valence-electron chi connectivity index (χ2n) is 4.83. The van der Waals surface area contributed by atoms with Gasteiger partial charge in [-0.15, -0.1) is 11.6 Å². The molecule has 2 aromatic rings. The molecule has 0 saturated carbocycles. The van der Waals surface area contributed by atoms with Gasteiger partial charge in [0.1, 0.15) is 11.5 Å². The van der Waals surface area contributed by atoms with E-state index in [1.54, 1.807) is 6.07 Å². The second-order valence-corrected chi connectivity index (χ2v) is 6.42. The number of hydrogen-bond donors (Lipinski definition) is 0. The normalized spacial score (nSPS) is 10.9. The van der Waals surface area contributed by atoms with Crippen LogP contribution in [0.15, 0.2) is 40.9 Å². The van der Waals surface area contributed by atoms with Gasteiger partial charge in [-0.05, 0) is 47.4 Å². The maximum atomic E-state index is 6.15. The van der Waals surface area contributed by atoms with Crippen LogP contribution in [0.3, 0.4) is 0 Å². The lowest BCUT2D eigenvalue weighted by atomic mass is 10.0. The molecule has 0 bridgehead atoms. The van der Waals surface area contributed by atoms with Crippen molar-refractivity contribution in [1.29, 1.82) is 0 Å². The highest BCUT2D eigenvalue weighted by Gasteiger charge is 2.10. The van der Waals surface area contributed by atoms with E-state index in [-0.39, 0.29) is 0 Å². The van der Waals surface area contributed by atoms with Crippen molar-refractivity contribution in [2.45, 2.75) is 25.6 Å². The van der Waals surface area contributed by atoms with E-state index >= 15 is 0 Å². The molecule has 2 aromatic carbocycles. The number of ether oxygens (including phenoxy) is 1. The third-order valence-electron chi connectivity index (χ3n) is 2.99. The number of alkyl halides is 1. The fraction of sp³-hybridized carbons (Fsp3) is 0.250. The van der Waals surface area contributed by atoms with Gasteiger partial charge in [-0.3, -0.25) is 0 Å². The molecule has 20 heavy (non-hydrogen) atoms. The Bertz CT molecular complexity index is 611. The fourth-order valence-electron chi connectivity index (χ4n) is 1.89. The number of halogens is 3. The molecule has 0 unspecified atom stereocenters. The average Bonchev–Trinajstić information content (AvgIpc) is 2.41. The predicted molar refractivity (Wildman–Crippen MR) is 89.3 cm³/mol. The number of hydrogen-bond acceptors (Lipinski definition) is 1. The molecule has 4 heteroatoms. The van der Waals surface area contributed by atoms with Crippen molar-refractivity contribution in [2.75, 3.05) is 0 Å². The Labute approximate surface area is 138 Å². The maximum Gasteiger partial charge on any atom is 0.130 e. The zero-order chi connectivity index (χ0) is 14.7. The quantitative estimate of drug-likeness (QED) is 0.538. The standard InChI is InChI=1S/C16H15BrCl2O/c1-10(2)14-7-12(17)4-6-16(14)20-13-5-3-11(9-18)15(19)8-13/h3-8,10H,9H2,1-2H3. The van der Waals surface area contributed by atoms with Crippen LogP contribution in [0.1, 0.15) is 30.9 Å². The Hall–Kier alpha value is -0.700. The van der Waals surface area contributed by atoms with E-state index in [0.29, 0.717) is 22.6 Å². The zero-order valence-electron chi connectivity index (χ0n) is 11.3. The molecule has 0 fully saturated rings. The summed E-state index contributed by atoms with van der Waals surface area (Å²) in [5.41, 5.74) is 2.05. The first-order valence-electron chi connectivity index (χ1n) is 6.33. The van der Waals surface area contributed by atoms with Crippen molar-refractivity contribution >= 4 is 39.1 Å². The highest BCUT2D eigenvalue weighted by atomic mass is 79.9. The summed E-state index contributed by atoms with van der Waals surface area (Å²) in [6.45, 7) is 4.27. The van der Waals surface area contributed by atoms with Gasteiger partial charge in [-0.25, -0.2) is 0 Å². The summed E-state index contributed by atoms with van der Waals surface area (Å²) in [6.07, 6.45) is 0. The molecule has 0 N–H and O–H groups in total. The van der Waals surface area contributed by atoms with Crippen LogP contribution in [0.4, 0.5) is 0 Å². The Morgan fingerprint density at radius 2 is 1.90 bits per heavy atom. The second kappa shape index (κ2) is 6.84. The summed E-state index contributed by atoms with van der Waals surface area (Å²) in [5.74, 6) is 2.33. The largest absolute Gasteiger partial charge is 0.457 e. The van der Waals surface area contributed by atoms with Crippen LogP contribution in [0.5, 0.6) is 11.5 Å². The Morgan fingerprint density at radius 1 is 1.15 bits per heavy atom. The molecule has 0 atom stereocenters. The van der Waals surface area contributed by atoms with Crippen molar-refractivity contribution in [2.24, 2.45) is 0 Å². The fourth-order valence-corrected chi connectivity index (χ4v) is 2.81. The van der Waals surface area contributed by atoms with Gasteiger partial charge in [-0.2, -0.15) is 0 Å². The summed E-state index contributed by atoms with van der Waals surface area (Å²) in [4.78, 5) is 0. The molecule has 0 saturated heterocycles. The molecule has 0 amide bonds. The topological polar surface area (TPSA) is 9.23 Å². The summed E-state index contributed by atoms with van der Waals surface area (Å²) < 4.78 is 7.00. The molecule has 106 valence electrons. The predicted octanol–water partition coefficient (Wildman–Crippen LogP) is 6.76. The van der Waals surface area contributed by atoms with Crippen LogP contribution >= 0.6 is 39.1 Å². The summed E-state index contributed by atoms with van der Waals surface area (Å²) in [5, 5.41) is 0.626. The molecule has 2 rings (SSSR count). The monoisotopic (exact) mass is 372 g/mol. The van der Waals surface area contributed by atoms with E-state index in [4.69, 9.17) is 27.9 Å². The van der Waals surface area contributed by atoms with Gasteiger partial charge in [0.15, 0.2) is 0 Å². The third-order valence-corrected chi connectivity index (χ3v) is 4.12. The van der Waals surface area contributed by atoms with Crippen LogP contribution < -0.4 is 4.74 Å². The first kappa shape index (κ1) is 15.7. The van der Waals surface area contributed by atoms with Crippen molar-refractivity contribution in [3.63, 3.8) is 0 Å². The van der Waals surface area contributed by atoms with E-state index in [1.165, 1.54) is 0 Å². The van der Waals surface area contributed by atoms with E-state index < -0.39 is 0 Å². The molecule has 0 spiro atoms. The molecular formula is C16H15BrCl2O. The van der Waals surface area contributed by atoms with Crippen molar-refractivity contribution < 1.29 is 4.74 Å². The molecule has 0 aromatic heterocycles. The Morgan fingerprint density at radius 3 is 2.50 bits per heavy atom. The summed E-state index contributed by atoms with van der Waals surface area (Å²) >= 11 is 15.4. The molecular weight excluding hydrogens is 359 g/mol. The van der Waals surface area contributed by atoms with Gasteiger partial charge < -0.3 is 4.74 Å². The van der Waals surface area contributed by atoms with Gasteiger partial charge >= 0.3 is 0 Å². The SMILES string of the molecule is CC(C)c1cc(Br)ccc1Oc1ccc(CCl)c(Cl)c1. The summed E-state index contributed by atoms with van der Waals surface area (Å²) in [7, 11) is 0. The third kappa shape index (κ3) is 3.69. The van der Waals surface area contributed by atoms with Gasteiger partial charge in [0.05, 0.1) is 0 Å². The minimum absolute atomic E-state index is 0.375. The van der Waals surface area contributed by atoms with Gasteiger partial charge in [0.25, 0.3) is 0 Å². The lowest BCUT2D eigenvalue weighted by molar-refractivity contribution is 0.473. The maximum absolute atomic E-state index is 6.15. The van der Waals surface area contributed by atoms with Crippen molar-refractivity contribution in [3.05, 3.63) is 57.0 Å².